The molecule has 0 bridgehead atoms. The van der Waals surface area contributed by atoms with Gasteiger partial charge in [-0.25, -0.2) is 4.79 Å². The van der Waals surface area contributed by atoms with Gasteiger partial charge in [0.1, 0.15) is 0 Å². The first-order valence-electron chi connectivity index (χ1n) is 5.99. The maximum atomic E-state index is 11.2. The average Bonchev–Trinajstić information content (AvgIpc) is 2.30. The molecule has 0 radical (unpaired) electrons. The number of carboxylic acid groups (broad SMARTS) is 1. The van der Waals surface area contributed by atoms with Crippen LogP contribution in [0.2, 0.25) is 0 Å². The van der Waals surface area contributed by atoms with Crippen LogP contribution < -0.4 is 16.4 Å². The van der Waals surface area contributed by atoms with Gasteiger partial charge in [0.2, 0.25) is 11.8 Å². The summed E-state index contributed by atoms with van der Waals surface area (Å²) in [7, 11) is 0. The Balaban J connectivity index is 3.55. The molecule has 0 aromatic rings. The molecule has 4 amide bonds. The monoisotopic (exact) mass is 273 g/mol. The number of aliphatic carboxylic acids is 1. The molecule has 0 aromatic carbocycles. The molecular formula is C11H19N3O5. The lowest BCUT2D eigenvalue weighted by atomic mass is 10.2. The summed E-state index contributed by atoms with van der Waals surface area (Å²) in [6.07, 6.45) is 1.49. The van der Waals surface area contributed by atoms with Crippen molar-refractivity contribution in [2.24, 2.45) is 5.73 Å². The Kier molecular flexibility index (Phi) is 8.76. The van der Waals surface area contributed by atoms with Crippen molar-refractivity contribution in [1.82, 2.24) is 10.6 Å². The number of amides is 4. The van der Waals surface area contributed by atoms with E-state index in [1.54, 1.807) is 0 Å². The fourth-order valence-corrected chi connectivity index (χ4v) is 1.26. The van der Waals surface area contributed by atoms with E-state index in [1.165, 1.54) is 0 Å². The van der Waals surface area contributed by atoms with Gasteiger partial charge in [0.05, 0.1) is 0 Å². The van der Waals surface area contributed by atoms with Crippen LogP contribution in [0.15, 0.2) is 0 Å². The number of hydrogen-bond donors (Lipinski definition) is 4. The summed E-state index contributed by atoms with van der Waals surface area (Å²) in [6.45, 7) is 0.251. The molecule has 0 fully saturated rings. The third-order valence-corrected chi connectivity index (χ3v) is 2.18. The van der Waals surface area contributed by atoms with Crippen LogP contribution in [0, 0.1) is 0 Å². The van der Waals surface area contributed by atoms with Gasteiger partial charge in [0.15, 0.2) is 0 Å². The summed E-state index contributed by atoms with van der Waals surface area (Å²) in [5.41, 5.74) is 4.92. The lowest BCUT2D eigenvalue weighted by molar-refractivity contribution is -0.137. The van der Waals surface area contributed by atoms with Crippen molar-refractivity contribution in [3.8, 4) is 0 Å². The van der Waals surface area contributed by atoms with Gasteiger partial charge in [-0.05, 0) is 19.3 Å². The lowest BCUT2D eigenvalue weighted by Crippen LogP contribution is -2.39. The number of rotatable bonds is 9. The quantitative estimate of drug-likeness (QED) is 0.428. The smallest absolute Gasteiger partial charge is 0.321 e. The zero-order valence-electron chi connectivity index (χ0n) is 10.6. The van der Waals surface area contributed by atoms with Crippen LogP contribution in [0.5, 0.6) is 0 Å². The number of urea groups is 1. The minimum atomic E-state index is -0.910. The van der Waals surface area contributed by atoms with Crippen LogP contribution in [-0.4, -0.2) is 35.5 Å². The highest BCUT2D eigenvalue weighted by Crippen LogP contribution is 1.99. The van der Waals surface area contributed by atoms with E-state index in [1.807, 2.05) is 0 Å². The van der Waals surface area contributed by atoms with Gasteiger partial charge in [0.25, 0.3) is 0 Å². The number of unbranched alkanes of at least 4 members (excludes halogenated alkanes) is 1. The van der Waals surface area contributed by atoms with Crippen molar-refractivity contribution in [2.75, 3.05) is 6.54 Å². The number of carbonyl (C=O) groups excluding carboxylic acids is 3. The highest BCUT2D eigenvalue weighted by molar-refractivity contribution is 5.94. The number of nitrogens with one attached hydrogen (secondary N) is 2. The average molecular weight is 273 g/mol. The highest BCUT2D eigenvalue weighted by atomic mass is 16.4. The topological polar surface area (TPSA) is 139 Å². The molecule has 19 heavy (non-hydrogen) atoms. The summed E-state index contributed by atoms with van der Waals surface area (Å²) >= 11 is 0. The van der Waals surface area contributed by atoms with Gasteiger partial charge in [-0.2, -0.15) is 0 Å². The molecule has 0 aliphatic carbocycles. The maximum Gasteiger partial charge on any atom is 0.321 e. The van der Waals surface area contributed by atoms with Crippen molar-refractivity contribution in [2.45, 2.75) is 38.5 Å². The van der Waals surface area contributed by atoms with Crippen molar-refractivity contribution in [1.29, 1.82) is 0 Å². The molecule has 0 heterocycles. The molecule has 0 unspecified atom stereocenters. The second-order valence-electron chi connectivity index (χ2n) is 3.97. The first-order valence-corrected chi connectivity index (χ1v) is 5.99. The number of carboxylic acids is 1. The zero-order valence-corrected chi connectivity index (χ0v) is 10.6. The van der Waals surface area contributed by atoms with Crippen LogP contribution in [0.1, 0.15) is 38.5 Å². The van der Waals surface area contributed by atoms with Gasteiger partial charge >= 0.3 is 12.0 Å². The molecule has 0 saturated heterocycles. The molecule has 0 spiro atoms. The number of primary amides is 1. The van der Waals surface area contributed by atoms with E-state index in [0.717, 1.165) is 0 Å². The first-order chi connectivity index (χ1) is 8.91. The second kappa shape index (κ2) is 9.86. The van der Waals surface area contributed by atoms with Gasteiger partial charge in [0, 0.05) is 25.8 Å². The molecule has 0 rings (SSSR count). The third-order valence-electron chi connectivity index (χ3n) is 2.18. The fourth-order valence-electron chi connectivity index (χ4n) is 1.26. The van der Waals surface area contributed by atoms with Crippen molar-refractivity contribution >= 4 is 23.8 Å². The van der Waals surface area contributed by atoms with E-state index in [-0.39, 0.29) is 25.8 Å². The number of imide groups is 1. The Morgan fingerprint density at radius 2 is 1.58 bits per heavy atom. The van der Waals surface area contributed by atoms with E-state index in [4.69, 9.17) is 10.8 Å². The van der Waals surface area contributed by atoms with E-state index < -0.39 is 23.8 Å². The predicted molar refractivity (Wildman–Crippen MR) is 66.1 cm³/mol. The van der Waals surface area contributed by atoms with Gasteiger partial charge < -0.3 is 16.2 Å². The zero-order chi connectivity index (χ0) is 14.7. The molecule has 0 aliphatic rings. The molecule has 108 valence electrons. The molecular weight excluding hydrogens is 254 g/mol. The normalized spacial score (nSPS) is 9.68. The Hall–Kier alpha value is -2.12. The van der Waals surface area contributed by atoms with Crippen LogP contribution in [-0.2, 0) is 14.4 Å². The summed E-state index contributed by atoms with van der Waals surface area (Å²) in [6, 6.07) is -0.632. The van der Waals surface area contributed by atoms with Crippen molar-refractivity contribution in [3.05, 3.63) is 0 Å². The van der Waals surface area contributed by atoms with Crippen LogP contribution >= 0.6 is 0 Å². The molecule has 5 N–H and O–H groups in total. The molecule has 8 nitrogen and oxygen atoms in total. The van der Waals surface area contributed by atoms with Gasteiger partial charge in [-0.3, -0.25) is 19.7 Å². The molecule has 8 heteroatoms. The fraction of sp³-hybridized carbons (Fsp3) is 0.636. The largest absolute Gasteiger partial charge is 0.481 e. The third kappa shape index (κ3) is 12.1. The Labute approximate surface area is 110 Å². The summed E-state index contributed by atoms with van der Waals surface area (Å²) in [5.74, 6) is -1.82. The van der Waals surface area contributed by atoms with Crippen LogP contribution in [0.4, 0.5) is 4.79 Å². The Morgan fingerprint density at radius 1 is 0.947 bits per heavy atom. The summed E-state index contributed by atoms with van der Waals surface area (Å²) in [5, 5.41) is 12.9. The van der Waals surface area contributed by atoms with E-state index >= 15 is 0 Å². The molecule has 0 aromatic heterocycles. The Bertz CT molecular complexity index is 311. The van der Waals surface area contributed by atoms with E-state index in [0.29, 0.717) is 19.3 Å². The Morgan fingerprint density at radius 3 is 2.16 bits per heavy atom. The van der Waals surface area contributed by atoms with Crippen LogP contribution in [0.3, 0.4) is 0 Å². The summed E-state index contributed by atoms with van der Waals surface area (Å²) in [4.78, 5) is 43.1. The second-order valence-corrected chi connectivity index (χ2v) is 3.97. The number of nitrogens with two attached hydrogens (primary N) is 1. The van der Waals surface area contributed by atoms with Crippen molar-refractivity contribution in [3.63, 3.8) is 0 Å². The standard InChI is InChI=1S/C11H19N3O5/c12-8(15)4-3-7-13-11(19)14-9(16)5-1-2-6-10(17)18/h1-7H2,(H2,12,15)(H,17,18)(H2,13,14,16,19). The predicted octanol–water partition coefficient (Wildman–Crippen LogP) is -0.277. The highest BCUT2D eigenvalue weighted by Gasteiger charge is 2.07. The molecule has 0 saturated carbocycles. The number of carbonyl (C=O) groups is 4. The van der Waals surface area contributed by atoms with Crippen LogP contribution in [0.25, 0.3) is 0 Å². The number of hydrogen-bond acceptors (Lipinski definition) is 4. The van der Waals surface area contributed by atoms with Gasteiger partial charge in [-0.15, -0.1) is 0 Å². The SMILES string of the molecule is NC(=O)CCCNC(=O)NC(=O)CCCCC(=O)O. The van der Waals surface area contributed by atoms with Gasteiger partial charge in [-0.1, -0.05) is 0 Å². The minimum Gasteiger partial charge on any atom is -0.481 e. The van der Waals surface area contributed by atoms with E-state index in [2.05, 4.69) is 10.6 Å². The maximum absolute atomic E-state index is 11.2. The van der Waals surface area contributed by atoms with Crippen molar-refractivity contribution < 1.29 is 24.3 Å². The molecule has 0 aliphatic heterocycles. The first kappa shape index (κ1) is 16.9. The summed E-state index contributed by atoms with van der Waals surface area (Å²) < 4.78 is 0. The molecule has 0 atom stereocenters. The van der Waals surface area contributed by atoms with E-state index in [9.17, 15) is 19.2 Å². The minimum absolute atomic E-state index is 0.00654. The lowest BCUT2D eigenvalue weighted by Gasteiger charge is -2.05.